The third kappa shape index (κ3) is 3.01. The van der Waals surface area contributed by atoms with Gasteiger partial charge >= 0.3 is 12.0 Å². The van der Waals surface area contributed by atoms with E-state index in [0.29, 0.717) is 11.4 Å². The largest absolute Gasteiger partial charge is 0.495 e. The third-order valence-corrected chi connectivity index (χ3v) is 3.57. The van der Waals surface area contributed by atoms with Crippen LogP contribution in [-0.2, 0) is 0 Å². The highest BCUT2D eigenvalue weighted by molar-refractivity contribution is 5.95. The number of rotatable bonds is 4. The number of nitrogens with one attached hydrogen (secondary N) is 2. The smallest absolute Gasteiger partial charge is 0.335 e. The second-order valence-corrected chi connectivity index (χ2v) is 5.21. The zero-order chi connectivity index (χ0) is 14.8. The standard InChI is InChI=1S/C14H18N2O4/c1-14(6-3-7-14)16-13(19)15-10-8-9(12(17)18)4-5-11(10)20-2/h4-5,8H,3,6-7H2,1-2H3,(H,17,18)(H2,15,16,19). The predicted molar refractivity (Wildman–Crippen MR) is 74.4 cm³/mol. The van der Waals surface area contributed by atoms with Gasteiger partial charge in [0.25, 0.3) is 0 Å². The summed E-state index contributed by atoms with van der Waals surface area (Å²) in [4.78, 5) is 22.9. The average Bonchev–Trinajstić information content (AvgIpc) is 2.36. The van der Waals surface area contributed by atoms with Crippen LogP contribution in [-0.4, -0.2) is 29.8 Å². The summed E-state index contributed by atoms with van der Waals surface area (Å²) in [5.41, 5.74) is 0.269. The van der Waals surface area contributed by atoms with Crippen LogP contribution in [0.3, 0.4) is 0 Å². The molecule has 0 unspecified atom stereocenters. The maximum absolute atomic E-state index is 11.9. The van der Waals surface area contributed by atoms with Crippen molar-refractivity contribution in [3.63, 3.8) is 0 Å². The van der Waals surface area contributed by atoms with Crippen molar-refractivity contribution < 1.29 is 19.4 Å². The van der Waals surface area contributed by atoms with Crippen LogP contribution in [0.2, 0.25) is 0 Å². The number of methoxy groups -OCH3 is 1. The molecule has 20 heavy (non-hydrogen) atoms. The van der Waals surface area contributed by atoms with Crippen molar-refractivity contribution in [2.45, 2.75) is 31.7 Å². The van der Waals surface area contributed by atoms with Crippen LogP contribution in [0.1, 0.15) is 36.5 Å². The molecule has 1 saturated carbocycles. The molecule has 1 aliphatic carbocycles. The van der Waals surface area contributed by atoms with Crippen LogP contribution in [0.5, 0.6) is 5.75 Å². The number of carboxylic acids is 1. The summed E-state index contributed by atoms with van der Waals surface area (Å²) in [6.45, 7) is 1.99. The first-order chi connectivity index (χ1) is 9.43. The van der Waals surface area contributed by atoms with E-state index in [1.807, 2.05) is 6.92 Å². The van der Waals surface area contributed by atoms with Crippen molar-refractivity contribution in [3.8, 4) is 5.75 Å². The van der Waals surface area contributed by atoms with E-state index < -0.39 is 5.97 Å². The minimum Gasteiger partial charge on any atom is -0.495 e. The molecule has 6 nitrogen and oxygen atoms in total. The fourth-order valence-corrected chi connectivity index (χ4v) is 2.20. The molecule has 0 bridgehead atoms. The lowest BCUT2D eigenvalue weighted by atomic mass is 9.79. The maximum atomic E-state index is 11.9. The summed E-state index contributed by atoms with van der Waals surface area (Å²) < 4.78 is 5.12. The van der Waals surface area contributed by atoms with Crippen LogP contribution in [0.15, 0.2) is 18.2 Å². The molecule has 1 aliphatic rings. The summed E-state index contributed by atoms with van der Waals surface area (Å²) in [5.74, 6) is -0.633. The lowest BCUT2D eigenvalue weighted by Crippen LogP contribution is -2.52. The Morgan fingerprint density at radius 2 is 2.05 bits per heavy atom. The summed E-state index contributed by atoms with van der Waals surface area (Å²) in [7, 11) is 1.46. The molecule has 6 heteroatoms. The highest BCUT2D eigenvalue weighted by Crippen LogP contribution is 2.31. The zero-order valence-electron chi connectivity index (χ0n) is 11.5. The number of aromatic carboxylic acids is 1. The first-order valence-electron chi connectivity index (χ1n) is 6.44. The van der Waals surface area contributed by atoms with E-state index in [9.17, 15) is 9.59 Å². The van der Waals surface area contributed by atoms with Gasteiger partial charge in [0, 0.05) is 5.54 Å². The molecular weight excluding hydrogens is 260 g/mol. The molecule has 1 aromatic carbocycles. The molecule has 0 saturated heterocycles. The number of hydrogen-bond acceptors (Lipinski definition) is 3. The van der Waals surface area contributed by atoms with Gasteiger partial charge < -0.3 is 20.5 Å². The fraction of sp³-hybridized carbons (Fsp3) is 0.429. The Morgan fingerprint density at radius 1 is 1.35 bits per heavy atom. The molecule has 0 heterocycles. The quantitative estimate of drug-likeness (QED) is 0.789. The van der Waals surface area contributed by atoms with Gasteiger partial charge in [-0.25, -0.2) is 9.59 Å². The van der Waals surface area contributed by atoms with Gasteiger partial charge in [-0.05, 0) is 44.4 Å². The second-order valence-electron chi connectivity index (χ2n) is 5.21. The number of anilines is 1. The lowest BCUT2D eigenvalue weighted by molar-refractivity contribution is 0.0697. The third-order valence-electron chi connectivity index (χ3n) is 3.57. The SMILES string of the molecule is COc1ccc(C(=O)O)cc1NC(=O)NC1(C)CCC1. The number of benzene rings is 1. The summed E-state index contributed by atoms with van der Waals surface area (Å²) in [6.07, 6.45) is 3.01. The minimum absolute atomic E-state index is 0.0935. The van der Waals surface area contributed by atoms with E-state index in [1.165, 1.54) is 25.3 Å². The van der Waals surface area contributed by atoms with Crippen molar-refractivity contribution in [2.24, 2.45) is 0 Å². The molecule has 2 rings (SSSR count). The van der Waals surface area contributed by atoms with Crippen LogP contribution in [0.4, 0.5) is 10.5 Å². The van der Waals surface area contributed by atoms with E-state index in [4.69, 9.17) is 9.84 Å². The molecule has 108 valence electrons. The molecule has 0 aromatic heterocycles. The topological polar surface area (TPSA) is 87.7 Å². The monoisotopic (exact) mass is 278 g/mol. The molecule has 0 spiro atoms. The summed E-state index contributed by atoms with van der Waals surface area (Å²) in [5, 5.41) is 14.5. The van der Waals surface area contributed by atoms with Crippen LogP contribution in [0, 0.1) is 0 Å². The van der Waals surface area contributed by atoms with Gasteiger partial charge in [-0.15, -0.1) is 0 Å². The summed E-state index contributed by atoms with van der Waals surface area (Å²) >= 11 is 0. The van der Waals surface area contributed by atoms with Crippen LogP contribution in [0.25, 0.3) is 0 Å². The Labute approximate surface area is 117 Å². The Bertz CT molecular complexity index is 538. The first-order valence-corrected chi connectivity index (χ1v) is 6.44. The van der Waals surface area contributed by atoms with E-state index in [2.05, 4.69) is 10.6 Å². The maximum Gasteiger partial charge on any atom is 0.335 e. The Kier molecular flexibility index (Phi) is 3.83. The van der Waals surface area contributed by atoms with Crippen molar-refractivity contribution in [2.75, 3.05) is 12.4 Å². The van der Waals surface area contributed by atoms with Crippen molar-refractivity contribution >= 4 is 17.7 Å². The number of amides is 2. The molecule has 3 N–H and O–H groups in total. The van der Waals surface area contributed by atoms with E-state index in [0.717, 1.165) is 19.3 Å². The van der Waals surface area contributed by atoms with Crippen LogP contribution >= 0.6 is 0 Å². The second kappa shape index (κ2) is 5.40. The number of carbonyl (C=O) groups excluding carboxylic acids is 1. The van der Waals surface area contributed by atoms with Crippen molar-refractivity contribution in [1.29, 1.82) is 0 Å². The van der Waals surface area contributed by atoms with E-state index in [-0.39, 0.29) is 17.1 Å². The van der Waals surface area contributed by atoms with Gasteiger partial charge in [-0.3, -0.25) is 0 Å². The Hall–Kier alpha value is -2.24. The lowest BCUT2D eigenvalue weighted by Gasteiger charge is -2.39. The van der Waals surface area contributed by atoms with Crippen molar-refractivity contribution in [1.82, 2.24) is 5.32 Å². The van der Waals surface area contributed by atoms with Crippen molar-refractivity contribution in [3.05, 3.63) is 23.8 Å². The Balaban J connectivity index is 2.12. The molecule has 1 fully saturated rings. The predicted octanol–water partition coefficient (Wildman–Crippen LogP) is 2.46. The van der Waals surface area contributed by atoms with Crippen LogP contribution < -0.4 is 15.4 Å². The molecule has 0 radical (unpaired) electrons. The van der Waals surface area contributed by atoms with Gasteiger partial charge in [-0.2, -0.15) is 0 Å². The highest BCUT2D eigenvalue weighted by atomic mass is 16.5. The zero-order valence-corrected chi connectivity index (χ0v) is 11.5. The summed E-state index contributed by atoms with van der Waals surface area (Å²) in [6, 6.07) is 3.97. The normalized spacial score (nSPS) is 15.9. The van der Waals surface area contributed by atoms with Gasteiger partial charge in [0.05, 0.1) is 18.4 Å². The van der Waals surface area contributed by atoms with Gasteiger partial charge in [-0.1, -0.05) is 0 Å². The molecule has 0 aliphatic heterocycles. The fourth-order valence-electron chi connectivity index (χ4n) is 2.20. The number of carboxylic acid groups (broad SMARTS) is 1. The van der Waals surface area contributed by atoms with Gasteiger partial charge in [0.1, 0.15) is 5.75 Å². The molecular formula is C14H18N2O4. The number of urea groups is 1. The molecule has 2 amide bonds. The van der Waals surface area contributed by atoms with Gasteiger partial charge in [0.2, 0.25) is 0 Å². The number of carbonyl (C=O) groups is 2. The first kappa shape index (κ1) is 14.2. The Morgan fingerprint density at radius 3 is 2.55 bits per heavy atom. The molecule has 1 aromatic rings. The molecule has 0 atom stereocenters. The minimum atomic E-state index is -1.05. The number of hydrogen-bond donors (Lipinski definition) is 3. The number of ether oxygens (including phenoxy) is 1. The highest BCUT2D eigenvalue weighted by Gasteiger charge is 2.33. The van der Waals surface area contributed by atoms with E-state index in [1.54, 1.807) is 0 Å². The van der Waals surface area contributed by atoms with E-state index >= 15 is 0 Å². The average molecular weight is 278 g/mol. The van der Waals surface area contributed by atoms with Gasteiger partial charge in [0.15, 0.2) is 0 Å².